The highest BCUT2D eigenvalue weighted by molar-refractivity contribution is 7.98. The Morgan fingerprint density at radius 2 is 2.14 bits per heavy atom. The molecule has 0 radical (unpaired) electrons. The number of aromatic nitrogens is 6. The molecule has 1 aliphatic carbocycles. The van der Waals surface area contributed by atoms with E-state index in [1.54, 1.807) is 22.0 Å². The average molecular weight is 431 g/mol. The van der Waals surface area contributed by atoms with Crippen LogP contribution in [0.2, 0.25) is 0 Å². The van der Waals surface area contributed by atoms with Gasteiger partial charge >= 0.3 is 0 Å². The van der Waals surface area contributed by atoms with E-state index in [1.165, 1.54) is 35.0 Å². The molecule has 0 saturated heterocycles. The molecule has 0 N–H and O–H groups in total. The number of allylic oxidation sites excluding steroid dienone is 1. The van der Waals surface area contributed by atoms with Gasteiger partial charge in [-0.1, -0.05) is 37.6 Å². The van der Waals surface area contributed by atoms with Gasteiger partial charge in [-0.2, -0.15) is 0 Å². The number of aryl methyl sites for hydroxylation is 3. The molecule has 3 heterocycles. The van der Waals surface area contributed by atoms with Gasteiger partial charge in [-0.25, -0.2) is 9.67 Å². The van der Waals surface area contributed by atoms with E-state index in [0.29, 0.717) is 17.5 Å². The maximum absolute atomic E-state index is 13.4. The molecule has 9 heteroatoms. The maximum Gasteiger partial charge on any atom is 0.263 e. The van der Waals surface area contributed by atoms with E-state index >= 15 is 0 Å². The van der Waals surface area contributed by atoms with Crippen molar-refractivity contribution in [1.29, 1.82) is 0 Å². The van der Waals surface area contributed by atoms with Gasteiger partial charge in [0.05, 0.1) is 11.1 Å². The third-order valence-corrected chi connectivity index (χ3v) is 7.42. The Kier molecular flexibility index (Phi) is 6.44. The predicted octanol–water partition coefficient (Wildman–Crippen LogP) is 3.99. The van der Waals surface area contributed by atoms with Crippen LogP contribution in [0.1, 0.15) is 55.3 Å². The fraction of sp³-hybridized carbons (Fsp3) is 0.550. The second-order valence-electron chi connectivity index (χ2n) is 7.30. The number of nitrogens with zero attached hydrogens (tertiary/aromatic N) is 6. The highest BCUT2D eigenvalue weighted by Gasteiger charge is 2.21. The van der Waals surface area contributed by atoms with E-state index in [4.69, 9.17) is 4.98 Å². The molecule has 0 atom stereocenters. The van der Waals surface area contributed by atoms with Gasteiger partial charge in [0.2, 0.25) is 0 Å². The minimum Gasteiger partial charge on any atom is -0.283 e. The number of thioether (sulfide) groups is 1. The van der Waals surface area contributed by atoms with E-state index < -0.39 is 0 Å². The maximum atomic E-state index is 13.4. The molecule has 0 amide bonds. The quantitative estimate of drug-likeness (QED) is 0.233. The first kappa shape index (κ1) is 20.3. The van der Waals surface area contributed by atoms with Gasteiger partial charge in [-0.05, 0) is 48.1 Å². The fourth-order valence-corrected chi connectivity index (χ4v) is 5.98. The lowest BCUT2D eigenvalue weighted by atomic mass is 10.1. The number of unbranched alkanes of at least 4 members (excludes halogenated alkanes) is 1. The SMILES string of the molecule is C=CCn1c(SCc2nnnn2CCCC)nc2sc3c(c2c1=O)CCCCC3. The molecule has 4 rings (SSSR count). The van der Waals surface area contributed by atoms with Crippen molar-refractivity contribution in [3.63, 3.8) is 0 Å². The minimum absolute atomic E-state index is 0.0578. The molecule has 0 saturated carbocycles. The molecule has 7 nitrogen and oxygen atoms in total. The molecule has 154 valence electrons. The Hall–Kier alpha value is -2.00. The molecule has 0 spiro atoms. The highest BCUT2D eigenvalue weighted by Crippen LogP contribution is 2.34. The van der Waals surface area contributed by atoms with Crippen molar-refractivity contribution in [3.8, 4) is 0 Å². The second kappa shape index (κ2) is 9.21. The molecule has 29 heavy (non-hydrogen) atoms. The zero-order valence-corrected chi connectivity index (χ0v) is 18.4. The Morgan fingerprint density at radius 1 is 1.28 bits per heavy atom. The number of hydrogen-bond donors (Lipinski definition) is 0. The molecule has 0 aliphatic heterocycles. The summed E-state index contributed by atoms with van der Waals surface area (Å²) < 4.78 is 3.59. The zero-order valence-electron chi connectivity index (χ0n) is 16.8. The lowest BCUT2D eigenvalue weighted by Gasteiger charge is -2.10. The molecule has 0 bridgehead atoms. The van der Waals surface area contributed by atoms with E-state index in [9.17, 15) is 4.79 Å². The first-order valence-electron chi connectivity index (χ1n) is 10.3. The average Bonchev–Trinajstić information content (AvgIpc) is 3.24. The van der Waals surface area contributed by atoms with Crippen LogP contribution in [0, 0.1) is 0 Å². The van der Waals surface area contributed by atoms with Crippen molar-refractivity contribution in [1.82, 2.24) is 29.8 Å². The van der Waals surface area contributed by atoms with Gasteiger partial charge in [0.15, 0.2) is 11.0 Å². The summed E-state index contributed by atoms with van der Waals surface area (Å²) in [5, 5.41) is 13.6. The summed E-state index contributed by atoms with van der Waals surface area (Å²) >= 11 is 3.22. The standard InChI is InChI=1S/C20H26N6OS2/c1-3-5-12-26-16(22-23-24-26)13-28-20-21-18-17(19(27)25(20)11-4-2)14-9-7-6-8-10-15(14)29-18/h4H,2-3,5-13H2,1H3. The normalized spacial score (nSPS) is 14.1. The lowest BCUT2D eigenvalue weighted by molar-refractivity contribution is 0.540. The van der Waals surface area contributed by atoms with Gasteiger partial charge in [-0.15, -0.1) is 23.0 Å². The van der Waals surface area contributed by atoms with E-state index in [-0.39, 0.29) is 5.56 Å². The van der Waals surface area contributed by atoms with Gasteiger partial charge in [0, 0.05) is 18.0 Å². The summed E-state index contributed by atoms with van der Waals surface area (Å²) in [6.07, 6.45) is 9.51. The van der Waals surface area contributed by atoms with Crippen molar-refractivity contribution in [3.05, 3.63) is 39.3 Å². The summed E-state index contributed by atoms with van der Waals surface area (Å²) in [6, 6.07) is 0. The third-order valence-electron chi connectivity index (χ3n) is 5.26. The number of rotatable bonds is 8. The first-order valence-corrected chi connectivity index (χ1v) is 12.1. The van der Waals surface area contributed by atoms with Gasteiger partial charge in [0.25, 0.3) is 5.56 Å². The number of thiophene rings is 1. The molecule has 0 unspecified atom stereocenters. The molecular formula is C20H26N6OS2. The van der Waals surface area contributed by atoms with Crippen LogP contribution >= 0.6 is 23.1 Å². The molecule has 0 aromatic carbocycles. The van der Waals surface area contributed by atoms with Crippen LogP contribution in [0.5, 0.6) is 0 Å². The van der Waals surface area contributed by atoms with Crippen molar-refractivity contribution in [2.24, 2.45) is 0 Å². The van der Waals surface area contributed by atoms with Crippen LogP contribution in [0.3, 0.4) is 0 Å². The van der Waals surface area contributed by atoms with Crippen LogP contribution in [0.4, 0.5) is 0 Å². The fourth-order valence-electron chi connectivity index (χ4n) is 3.73. The van der Waals surface area contributed by atoms with Gasteiger partial charge in [-0.3, -0.25) is 9.36 Å². The van der Waals surface area contributed by atoms with Gasteiger partial charge in [0.1, 0.15) is 4.83 Å². The second-order valence-corrected chi connectivity index (χ2v) is 9.33. The molecule has 0 fully saturated rings. The van der Waals surface area contributed by atoms with E-state index in [1.807, 2.05) is 4.68 Å². The number of fused-ring (bicyclic) bond motifs is 3. The summed E-state index contributed by atoms with van der Waals surface area (Å²) in [5.41, 5.74) is 1.29. The summed E-state index contributed by atoms with van der Waals surface area (Å²) in [6.45, 7) is 7.25. The number of hydrogen-bond acceptors (Lipinski definition) is 7. The van der Waals surface area contributed by atoms with Crippen molar-refractivity contribution >= 4 is 33.3 Å². The molecule has 3 aromatic heterocycles. The Balaban J connectivity index is 1.69. The predicted molar refractivity (Wildman–Crippen MR) is 118 cm³/mol. The third kappa shape index (κ3) is 4.16. The van der Waals surface area contributed by atoms with E-state index in [2.05, 4.69) is 29.0 Å². The van der Waals surface area contributed by atoms with Gasteiger partial charge < -0.3 is 0 Å². The molecule has 1 aliphatic rings. The molecule has 3 aromatic rings. The summed E-state index contributed by atoms with van der Waals surface area (Å²) in [4.78, 5) is 20.5. The Morgan fingerprint density at radius 3 is 2.97 bits per heavy atom. The monoisotopic (exact) mass is 430 g/mol. The topological polar surface area (TPSA) is 78.5 Å². The largest absolute Gasteiger partial charge is 0.283 e. The van der Waals surface area contributed by atoms with Crippen LogP contribution in [-0.4, -0.2) is 29.8 Å². The lowest BCUT2D eigenvalue weighted by Crippen LogP contribution is -2.23. The van der Waals surface area contributed by atoms with Crippen molar-refractivity contribution < 1.29 is 0 Å². The number of tetrazole rings is 1. The van der Waals surface area contributed by atoms with E-state index in [0.717, 1.165) is 54.7 Å². The summed E-state index contributed by atoms with van der Waals surface area (Å²) in [7, 11) is 0. The Labute approximate surface area is 178 Å². The van der Waals surface area contributed by atoms with Crippen LogP contribution in [0.25, 0.3) is 10.2 Å². The highest BCUT2D eigenvalue weighted by atomic mass is 32.2. The summed E-state index contributed by atoms with van der Waals surface area (Å²) in [5.74, 6) is 1.39. The van der Waals surface area contributed by atoms with Crippen molar-refractivity contribution in [2.45, 2.75) is 75.9 Å². The van der Waals surface area contributed by atoms with Crippen LogP contribution < -0.4 is 5.56 Å². The molecular weight excluding hydrogens is 404 g/mol. The first-order chi connectivity index (χ1) is 14.2. The van der Waals surface area contributed by atoms with Crippen LogP contribution in [0.15, 0.2) is 22.6 Å². The Bertz CT molecular complexity index is 1070. The zero-order chi connectivity index (χ0) is 20.2. The smallest absolute Gasteiger partial charge is 0.263 e. The minimum atomic E-state index is 0.0578. The van der Waals surface area contributed by atoms with Crippen molar-refractivity contribution in [2.75, 3.05) is 0 Å². The van der Waals surface area contributed by atoms with Crippen LogP contribution in [-0.2, 0) is 31.7 Å².